The first kappa shape index (κ1) is 25.8. The minimum absolute atomic E-state index is 0.0173. The lowest BCUT2D eigenvalue weighted by Gasteiger charge is -2.18. The predicted molar refractivity (Wildman–Crippen MR) is 142 cm³/mol. The molecule has 198 valence electrons. The number of fused-ring (bicyclic) bond motifs is 1. The zero-order valence-electron chi connectivity index (χ0n) is 21.6. The third kappa shape index (κ3) is 4.52. The molecule has 0 atom stereocenters. The van der Waals surface area contributed by atoms with Gasteiger partial charge in [0, 0.05) is 30.2 Å². The van der Waals surface area contributed by atoms with Gasteiger partial charge in [0.1, 0.15) is 16.5 Å². The molecule has 38 heavy (non-hydrogen) atoms. The van der Waals surface area contributed by atoms with Crippen LogP contribution in [0.2, 0.25) is 0 Å². The third-order valence-electron chi connectivity index (χ3n) is 6.66. The van der Waals surface area contributed by atoms with Crippen LogP contribution in [0.15, 0.2) is 47.4 Å². The molecule has 0 bridgehead atoms. The van der Waals surface area contributed by atoms with Gasteiger partial charge in [-0.25, -0.2) is 22.3 Å². The maximum absolute atomic E-state index is 13.8. The number of halogens is 1. The number of hydrogen-bond acceptors (Lipinski definition) is 6. The number of methoxy groups -OCH3 is 1. The number of aryl methyl sites for hydroxylation is 3. The van der Waals surface area contributed by atoms with Crippen LogP contribution < -0.4 is 10.1 Å². The Morgan fingerprint density at radius 1 is 1.05 bits per heavy atom. The van der Waals surface area contributed by atoms with Crippen molar-refractivity contribution in [3.05, 3.63) is 70.9 Å². The Balaban J connectivity index is 1.69. The number of amides is 1. The summed E-state index contributed by atoms with van der Waals surface area (Å²) in [6.45, 7) is 6.17. The molecule has 1 saturated heterocycles. The quantitative estimate of drug-likeness (QED) is 0.388. The van der Waals surface area contributed by atoms with Crippen molar-refractivity contribution in [3.63, 3.8) is 0 Å². The SMILES string of the molecule is COc1ccc(-c2c(C(=O)Nc3ccc(F)c(C)c3)nn3c(C)cc(C)nc23)cc1S(=O)(=O)N1CCCC1. The molecular weight excluding hydrogens is 509 g/mol. The van der Waals surface area contributed by atoms with Gasteiger partial charge in [-0.05, 0) is 81.1 Å². The fourth-order valence-electron chi connectivity index (χ4n) is 4.76. The highest BCUT2D eigenvalue weighted by Gasteiger charge is 2.32. The molecule has 2 aromatic heterocycles. The molecule has 0 radical (unpaired) electrons. The third-order valence-corrected chi connectivity index (χ3v) is 8.58. The average molecular weight is 538 g/mol. The van der Waals surface area contributed by atoms with E-state index in [1.54, 1.807) is 23.6 Å². The molecule has 1 amide bonds. The van der Waals surface area contributed by atoms with Crippen LogP contribution in [0.5, 0.6) is 5.75 Å². The van der Waals surface area contributed by atoms with Gasteiger partial charge >= 0.3 is 0 Å². The van der Waals surface area contributed by atoms with Crippen molar-refractivity contribution in [3.8, 4) is 16.9 Å². The number of carbonyl (C=O) groups excluding carboxylic acids is 1. The first-order chi connectivity index (χ1) is 18.1. The summed E-state index contributed by atoms with van der Waals surface area (Å²) in [5.41, 5.74) is 3.58. The molecule has 0 aliphatic carbocycles. The van der Waals surface area contributed by atoms with Crippen molar-refractivity contribution in [2.75, 3.05) is 25.5 Å². The van der Waals surface area contributed by atoms with E-state index in [9.17, 15) is 17.6 Å². The van der Waals surface area contributed by atoms with Crippen LogP contribution in [0.4, 0.5) is 10.1 Å². The number of nitrogens with zero attached hydrogens (tertiary/aromatic N) is 4. The van der Waals surface area contributed by atoms with Gasteiger partial charge in [0.05, 0.1) is 12.7 Å². The first-order valence-corrected chi connectivity index (χ1v) is 13.7. The van der Waals surface area contributed by atoms with Crippen molar-refractivity contribution < 1.29 is 22.3 Å². The highest BCUT2D eigenvalue weighted by molar-refractivity contribution is 7.89. The predicted octanol–water partition coefficient (Wildman–Crippen LogP) is 4.51. The number of aromatic nitrogens is 3. The van der Waals surface area contributed by atoms with E-state index in [0.29, 0.717) is 41.1 Å². The number of anilines is 1. The molecule has 3 heterocycles. The van der Waals surface area contributed by atoms with Crippen LogP contribution in [-0.4, -0.2) is 53.4 Å². The van der Waals surface area contributed by atoms with Gasteiger partial charge in [0.15, 0.2) is 11.3 Å². The van der Waals surface area contributed by atoms with Crippen molar-refractivity contribution in [1.82, 2.24) is 18.9 Å². The van der Waals surface area contributed by atoms with Crippen molar-refractivity contribution in [2.24, 2.45) is 0 Å². The monoisotopic (exact) mass is 537 g/mol. The maximum Gasteiger partial charge on any atom is 0.276 e. The number of rotatable bonds is 6. The number of carbonyl (C=O) groups is 1. The highest BCUT2D eigenvalue weighted by atomic mass is 32.2. The molecule has 2 aromatic carbocycles. The molecular formula is C27H28FN5O4S. The van der Waals surface area contributed by atoms with Gasteiger partial charge < -0.3 is 10.1 Å². The summed E-state index contributed by atoms with van der Waals surface area (Å²) in [5, 5.41) is 7.34. The minimum atomic E-state index is -3.83. The number of hydrogen-bond donors (Lipinski definition) is 1. The zero-order chi connectivity index (χ0) is 27.2. The van der Waals surface area contributed by atoms with Crippen molar-refractivity contribution in [1.29, 1.82) is 0 Å². The standard InChI is InChI=1S/C27H28FN5O4S/c1-16-13-20(8-9-21(16)28)30-27(34)25-24(26-29-17(2)14-18(3)33(26)31-25)19-7-10-22(37-4)23(15-19)38(35,36)32-11-5-6-12-32/h7-10,13-15H,5-6,11-12H2,1-4H3,(H,30,34). The summed E-state index contributed by atoms with van der Waals surface area (Å²) in [4.78, 5) is 18.2. The van der Waals surface area contributed by atoms with E-state index in [-0.39, 0.29) is 22.2 Å². The van der Waals surface area contributed by atoms with E-state index < -0.39 is 15.9 Å². The largest absolute Gasteiger partial charge is 0.495 e. The molecule has 11 heteroatoms. The van der Waals surface area contributed by atoms with E-state index in [1.807, 2.05) is 19.9 Å². The van der Waals surface area contributed by atoms with Gasteiger partial charge in [-0.15, -0.1) is 0 Å². The molecule has 9 nitrogen and oxygen atoms in total. The second-order valence-corrected chi connectivity index (χ2v) is 11.3. The van der Waals surface area contributed by atoms with E-state index in [4.69, 9.17) is 4.74 Å². The lowest BCUT2D eigenvalue weighted by Crippen LogP contribution is -2.28. The molecule has 5 rings (SSSR count). The summed E-state index contributed by atoms with van der Waals surface area (Å²) in [6, 6.07) is 10.9. The van der Waals surface area contributed by atoms with Gasteiger partial charge in [-0.3, -0.25) is 4.79 Å². The first-order valence-electron chi connectivity index (χ1n) is 12.2. The van der Waals surface area contributed by atoms with Crippen LogP contribution in [0, 0.1) is 26.6 Å². The molecule has 1 aliphatic rings. The van der Waals surface area contributed by atoms with Crippen LogP contribution in [0.3, 0.4) is 0 Å². The Morgan fingerprint density at radius 2 is 1.79 bits per heavy atom. The molecule has 1 fully saturated rings. The second-order valence-electron chi connectivity index (χ2n) is 9.39. The van der Waals surface area contributed by atoms with E-state index in [2.05, 4.69) is 15.4 Å². The molecule has 1 N–H and O–H groups in total. The highest BCUT2D eigenvalue weighted by Crippen LogP contribution is 2.36. The smallest absolute Gasteiger partial charge is 0.276 e. The Morgan fingerprint density at radius 3 is 2.47 bits per heavy atom. The molecule has 0 spiro atoms. The number of sulfonamides is 1. The van der Waals surface area contributed by atoms with Crippen LogP contribution in [0.1, 0.15) is 40.3 Å². The summed E-state index contributed by atoms with van der Waals surface area (Å²) in [5.74, 6) is -0.699. The van der Waals surface area contributed by atoms with Crippen LogP contribution in [-0.2, 0) is 10.0 Å². The number of nitrogens with one attached hydrogen (secondary N) is 1. The van der Waals surface area contributed by atoms with Crippen molar-refractivity contribution in [2.45, 2.75) is 38.5 Å². The van der Waals surface area contributed by atoms with Gasteiger partial charge in [0.25, 0.3) is 5.91 Å². The second kappa shape index (κ2) is 9.80. The molecule has 4 aromatic rings. The van der Waals surface area contributed by atoms with E-state index in [1.165, 1.54) is 35.7 Å². The van der Waals surface area contributed by atoms with Gasteiger partial charge in [-0.2, -0.15) is 9.40 Å². The Hall–Kier alpha value is -3.83. The Labute approximate surface area is 220 Å². The summed E-state index contributed by atoms with van der Waals surface area (Å²) in [7, 11) is -2.41. The number of benzene rings is 2. The summed E-state index contributed by atoms with van der Waals surface area (Å²) >= 11 is 0. The van der Waals surface area contributed by atoms with Gasteiger partial charge in [-0.1, -0.05) is 6.07 Å². The van der Waals surface area contributed by atoms with Crippen LogP contribution in [0.25, 0.3) is 16.8 Å². The van der Waals surface area contributed by atoms with Crippen molar-refractivity contribution >= 4 is 27.3 Å². The Kier molecular flexibility index (Phi) is 6.66. The van der Waals surface area contributed by atoms with E-state index in [0.717, 1.165) is 24.2 Å². The van der Waals surface area contributed by atoms with E-state index >= 15 is 0 Å². The maximum atomic E-state index is 13.8. The lowest BCUT2D eigenvalue weighted by atomic mass is 10.0. The fourth-order valence-corrected chi connectivity index (χ4v) is 6.46. The topological polar surface area (TPSA) is 106 Å². The molecule has 0 saturated carbocycles. The normalized spacial score (nSPS) is 14.2. The molecule has 0 unspecified atom stereocenters. The average Bonchev–Trinajstić information content (AvgIpc) is 3.55. The fraction of sp³-hybridized carbons (Fsp3) is 0.296. The number of ether oxygens (including phenoxy) is 1. The van der Waals surface area contributed by atoms with Crippen LogP contribution >= 0.6 is 0 Å². The minimum Gasteiger partial charge on any atom is -0.495 e. The zero-order valence-corrected chi connectivity index (χ0v) is 22.4. The molecule has 1 aliphatic heterocycles. The summed E-state index contributed by atoms with van der Waals surface area (Å²) in [6.07, 6.45) is 1.59. The Bertz CT molecular complexity index is 1680. The summed E-state index contributed by atoms with van der Waals surface area (Å²) < 4.78 is 49.3. The lowest BCUT2D eigenvalue weighted by molar-refractivity contribution is 0.102. The van der Waals surface area contributed by atoms with Gasteiger partial charge in [0.2, 0.25) is 10.0 Å².